The maximum absolute atomic E-state index is 10.4. The van der Waals surface area contributed by atoms with E-state index in [1.54, 1.807) is 0 Å². The van der Waals surface area contributed by atoms with Crippen LogP contribution in [-0.4, -0.2) is 27.3 Å². The quantitative estimate of drug-likeness (QED) is 0.596. The van der Waals surface area contributed by atoms with Crippen LogP contribution in [0.5, 0.6) is 0 Å². The molecular formula is C6H5NO5. The normalized spacial score (nSPS) is 15.0. The van der Waals surface area contributed by atoms with Crippen LogP contribution in [0.15, 0.2) is 24.1 Å². The monoisotopic (exact) mass is 171 g/mol. The highest BCUT2D eigenvalue weighted by Crippen LogP contribution is 2.11. The van der Waals surface area contributed by atoms with Crippen LogP contribution < -0.4 is 0 Å². The molecule has 0 aromatic rings. The Kier molecular flexibility index (Phi) is 2.00. The summed E-state index contributed by atoms with van der Waals surface area (Å²) in [5.74, 6) is -1.36. The molecule has 0 aromatic carbocycles. The van der Waals surface area contributed by atoms with E-state index in [2.05, 4.69) is 4.84 Å². The number of rotatable bonds is 1. The van der Waals surface area contributed by atoms with Crippen molar-refractivity contribution >= 4 is 12.1 Å². The number of amides is 1. The van der Waals surface area contributed by atoms with Gasteiger partial charge in [0.25, 0.3) is 0 Å². The van der Waals surface area contributed by atoms with Gasteiger partial charge in [0.1, 0.15) is 6.26 Å². The highest BCUT2D eigenvalue weighted by Gasteiger charge is 2.25. The van der Waals surface area contributed by atoms with Crippen LogP contribution in [0.3, 0.4) is 0 Å². The van der Waals surface area contributed by atoms with Gasteiger partial charge >= 0.3 is 12.1 Å². The number of carbonyl (C=O) groups is 2. The molecule has 1 rings (SSSR count). The Bertz CT molecular complexity index is 280. The van der Waals surface area contributed by atoms with E-state index in [0.29, 0.717) is 0 Å². The Balaban J connectivity index is 2.91. The SMILES string of the molecule is O=C(O)C1=CC=CON1C(=O)O. The van der Waals surface area contributed by atoms with E-state index < -0.39 is 17.8 Å². The highest BCUT2D eigenvalue weighted by atomic mass is 16.7. The van der Waals surface area contributed by atoms with Gasteiger partial charge in [-0.2, -0.15) is 0 Å². The summed E-state index contributed by atoms with van der Waals surface area (Å²) < 4.78 is 0. The van der Waals surface area contributed by atoms with Gasteiger partial charge < -0.3 is 15.1 Å². The average Bonchev–Trinajstić information content (AvgIpc) is 2.04. The number of hydrogen-bond donors (Lipinski definition) is 2. The minimum Gasteiger partial charge on any atom is -0.476 e. The fraction of sp³-hybridized carbons (Fsp3) is 0. The van der Waals surface area contributed by atoms with Crippen LogP contribution in [0.2, 0.25) is 0 Å². The second kappa shape index (κ2) is 2.95. The molecule has 0 fully saturated rings. The lowest BCUT2D eigenvalue weighted by molar-refractivity contribution is -0.140. The van der Waals surface area contributed by atoms with Crippen molar-refractivity contribution in [1.29, 1.82) is 0 Å². The summed E-state index contributed by atoms with van der Waals surface area (Å²) >= 11 is 0. The Labute approximate surface area is 66.9 Å². The highest BCUT2D eigenvalue weighted by molar-refractivity contribution is 5.90. The van der Waals surface area contributed by atoms with E-state index in [0.717, 1.165) is 12.3 Å². The third-order valence-electron chi connectivity index (χ3n) is 1.11. The standard InChI is InChI=1S/C6H5NO5/c8-5(9)4-2-1-3-12-7(4)6(10)11/h1-3H,(H,8,9)(H,10,11). The number of hydrogen-bond acceptors (Lipinski definition) is 3. The van der Waals surface area contributed by atoms with Crippen molar-refractivity contribution < 1.29 is 24.6 Å². The first-order valence-corrected chi connectivity index (χ1v) is 2.93. The van der Waals surface area contributed by atoms with Crippen LogP contribution in [0, 0.1) is 0 Å². The zero-order chi connectivity index (χ0) is 9.14. The number of aliphatic carboxylic acids is 1. The first-order chi connectivity index (χ1) is 5.63. The van der Waals surface area contributed by atoms with Gasteiger partial charge in [-0.1, -0.05) is 0 Å². The average molecular weight is 171 g/mol. The first-order valence-electron chi connectivity index (χ1n) is 2.93. The molecule has 0 radical (unpaired) electrons. The fourth-order valence-corrected chi connectivity index (χ4v) is 0.657. The van der Waals surface area contributed by atoms with E-state index in [1.807, 2.05) is 0 Å². The summed E-state index contributed by atoms with van der Waals surface area (Å²) in [7, 11) is 0. The Hall–Kier alpha value is -1.98. The van der Waals surface area contributed by atoms with Crippen molar-refractivity contribution in [3.05, 3.63) is 24.1 Å². The zero-order valence-corrected chi connectivity index (χ0v) is 5.80. The lowest BCUT2D eigenvalue weighted by Crippen LogP contribution is -2.32. The van der Waals surface area contributed by atoms with Crippen molar-refractivity contribution in [2.75, 3.05) is 0 Å². The molecule has 64 valence electrons. The molecule has 0 spiro atoms. The molecule has 0 atom stereocenters. The molecular weight excluding hydrogens is 166 g/mol. The van der Waals surface area contributed by atoms with Gasteiger partial charge in [0, 0.05) is 0 Å². The predicted molar refractivity (Wildman–Crippen MR) is 35.8 cm³/mol. The first kappa shape index (κ1) is 8.12. The maximum atomic E-state index is 10.4. The Morgan fingerprint density at radius 1 is 1.42 bits per heavy atom. The summed E-state index contributed by atoms with van der Waals surface area (Å²) in [6.07, 6.45) is 2.01. The maximum Gasteiger partial charge on any atom is 0.445 e. The molecule has 2 N–H and O–H groups in total. The van der Waals surface area contributed by atoms with Crippen LogP contribution in [0.1, 0.15) is 0 Å². The number of carboxylic acids is 1. The molecule has 1 aliphatic rings. The topological polar surface area (TPSA) is 87.1 Å². The number of nitrogens with zero attached hydrogens (tertiary/aromatic N) is 1. The minimum absolute atomic E-state index is 0.266. The van der Waals surface area contributed by atoms with Crippen molar-refractivity contribution in [3.63, 3.8) is 0 Å². The molecule has 12 heavy (non-hydrogen) atoms. The smallest absolute Gasteiger partial charge is 0.445 e. The van der Waals surface area contributed by atoms with E-state index in [-0.39, 0.29) is 5.06 Å². The fourth-order valence-electron chi connectivity index (χ4n) is 0.657. The molecule has 0 aliphatic carbocycles. The number of hydroxylamine groups is 2. The molecule has 6 nitrogen and oxygen atoms in total. The van der Waals surface area contributed by atoms with Gasteiger partial charge in [0.15, 0.2) is 5.70 Å². The van der Waals surface area contributed by atoms with E-state index in [9.17, 15) is 9.59 Å². The van der Waals surface area contributed by atoms with Crippen molar-refractivity contribution in [1.82, 2.24) is 5.06 Å². The van der Waals surface area contributed by atoms with Gasteiger partial charge in [-0.25, -0.2) is 9.59 Å². The zero-order valence-electron chi connectivity index (χ0n) is 5.80. The van der Waals surface area contributed by atoms with Crippen molar-refractivity contribution in [2.45, 2.75) is 0 Å². The van der Waals surface area contributed by atoms with E-state index in [4.69, 9.17) is 10.2 Å². The van der Waals surface area contributed by atoms with Gasteiger partial charge in [-0.15, -0.1) is 5.06 Å². The second-order valence-corrected chi connectivity index (χ2v) is 1.87. The Morgan fingerprint density at radius 3 is 2.50 bits per heavy atom. The number of carboxylic acid groups (broad SMARTS) is 2. The third-order valence-corrected chi connectivity index (χ3v) is 1.11. The van der Waals surface area contributed by atoms with Gasteiger partial charge in [-0.3, -0.25) is 0 Å². The summed E-state index contributed by atoms with van der Waals surface area (Å²) in [6.45, 7) is 0. The molecule has 0 aromatic heterocycles. The van der Waals surface area contributed by atoms with E-state index >= 15 is 0 Å². The molecule has 0 unspecified atom stereocenters. The molecule has 6 heteroatoms. The van der Waals surface area contributed by atoms with Crippen LogP contribution in [0.25, 0.3) is 0 Å². The molecule has 0 saturated heterocycles. The second-order valence-electron chi connectivity index (χ2n) is 1.87. The van der Waals surface area contributed by atoms with Crippen molar-refractivity contribution in [3.8, 4) is 0 Å². The lowest BCUT2D eigenvalue weighted by Gasteiger charge is -2.18. The summed E-state index contributed by atoms with van der Waals surface area (Å²) in [6, 6.07) is 0. The third kappa shape index (κ3) is 1.36. The molecule has 1 amide bonds. The summed E-state index contributed by atoms with van der Waals surface area (Å²) in [5.41, 5.74) is -0.440. The van der Waals surface area contributed by atoms with Crippen LogP contribution >= 0.6 is 0 Å². The van der Waals surface area contributed by atoms with Gasteiger partial charge in [0.05, 0.1) is 0 Å². The number of allylic oxidation sites excluding steroid dienone is 2. The lowest BCUT2D eigenvalue weighted by atomic mass is 10.3. The van der Waals surface area contributed by atoms with Crippen LogP contribution in [0.4, 0.5) is 4.79 Å². The largest absolute Gasteiger partial charge is 0.476 e. The van der Waals surface area contributed by atoms with E-state index in [1.165, 1.54) is 6.08 Å². The molecule has 0 saturated carbocycles. The Morgan fingerprint density at radius 2 is 2.08 bits per heavy atom. The molecule has 1 aliphatic heterocycles. The predicted octanol–water partition coefficient (Wildman–Crippen LogP) is 0.394. The van der Waals surface area contributed by atoms with Gasteiger partial charge in [0.2, 0.25) is 0 Å². The van der Waals surface area contributed by atoms with Crippen LogP contribution in [-0.2, 0) is 9.63 Å². The van der Waals surface area contributed by atoms with Crippen molar-refractivity contribution in [2.24, 2.45) is 0 Å². The molecule has 0 bridgehead atoms. The summed E-state index contributed by atoms with van der Waals surface area (Å²) in [5, 5.41) is 17.2. The van der Waals surface area contributed by atoms with Gasteiger partial charge in [-0.05, 0) is 12.2 Å². The minimum atomic E-state index is -1.48. The molecule has 1 heterocycles. The summed E-state index contributed by atoms with van der Waals surface area (Å²) in [4.78, 5) is 25.1.